The lowest BCUT2D eigenvalue weighted by molar-refractivity contribution is 0.0658. The molecule has 0 saturated heterocycles. The molecule has 1 aliphatic heterocycles. The van der Waals surface area contributed by atoms with Gasteiger partial charge in [0.2, 0.25) is 0 Å². The average molecular weight is 289 g/mol. The van der Waals surface area contributed by atoms with Crippen molar-refractivity contribution >= 4 is 0 Å². The monoisotopic (exact) mass is 289 g/mol. The fourth-order valence-electron chi connectivity index (χ4n) is 2.66. The summed E-state index contributed by atoms with van der Waals surface area (Å²) in [5.74, 6) is 1.80. The molecule has 116 valence electrons. The highest BCUT2D eigenvalue weighted by atomic mass is 16.5. The standard InChI is InChI=1S/C18H27NO2/c1-5-7-11-20-14-8-9-15-16(19-10-6-2)13-18(3,4)21-17(15)12-14/h5,7-9,12,16,19H,6,10-11,13H2,1-4H3. The third-order valence-electron chi connectivity index (χ3n) is 3.67. The van der Waals surface area contributed by atoms with Gasteiger partial charge in [0, 0.05) is 24.1 Å². The van der Waals surface area contributed by atoms with Gasteiger partial charge in [-0.3, -0.25) is 0 Å². The first-order valence-corrected chi connectivity index (χ1v) is 7.86. The number of benzene rings is 1. The molecular formula is C18H27NO2. The van der Waals surface area contributed by atoms with Gasteiger partial charge in [-0.05, 0) is 39.8 Å². The van der Waals surface area contributed by atoms with Gasteiger partial charge in [-0.25, -0.2) is 0 Å². The Hall–Kier alpha value is -1.48. The first kappa shape index (κ1) is 15.9. The molecule has 0 radical (unpaired) electrons. The third-order valence-corrected chi connectivity index (χ3v) is 3.67. The van der Waals surface area contributed by atoms with Crippen LogP contribution in [0.5, 0.6) is 11.5 Å². The molecule has 3 heteroatoms. The van der Waals surface area contributed by atoms with Gasteiger partial charge in [-0.2, -0.15) is 0 Å². The quantitative estimate of drug-likeness (QED) is 0.794. The number of hydrogen-bond acceptors (Lipinski definition) is 3. The minimum Gasteiger partial charge on any atom is -0.489 e. The minimum atomic E-state index is -0.152. The summed E-state index contributed by atoms with van der Waals surface area (Å²) in [6, 6.07) is 6.53. The van der Waals surface area contributed by atoms with Crippen molar-refractivity contribution in [3.63, 3.8) is 0 Å². The van der Waals surface area contributed by atoms with E-state index in [0.29, 0.717) is 12.6 Å². The van der Waals surface area contributed by atoms with Gasteiger partial charge in [-0.1, -0.05) is 25.1 Å². The van der Waals surface area contributed by atoms with Crippen molar-refractivity contribution in [2.24, 2.45) is 0 Å². The maximum Gasteiger partial charge on any atom is 0.128 e. The molecule has 0 fully saturated rings. The van der Waals surface area contributed by atoms with Crippen molar-refractivity contribution in [1.82, 2.24) is 5.32 Å². The number of hydrogen-bond donors (Lipinski definition) is 1. The molecule has 0 saturated carbocycles. The molecule has 3 nitrogen and oxygen atoms in total. The van der Waals surface area contributed by atoms with Crippen molar-refractivity contribution in [1.29, 1.82) is 0 Å². The van der Waals surface area contributed by atoms with E-state index in [1.54, 1.807) is 0 Å². The maximum atomic E-state index is 6.14. The molecule has 1 heterocycles. The van der Waals surface area contributed by atoms with Crippen molar-refractivity contribution < 1.29 is 9.47 Å². The molecule has 1 unspecified atom stereocenters. The molecule has 1 aromatic carbocycles. The molecule has 1 aromatic rings. The highest BCUT2D eigenvalue weighted by Crippen LogP contribution is 2.41. The summed E-state index contributed by atoms with van der Waals surface area (Å²) >= 11 is 0. The zero-order valence-corrected chi connectivity index (χ0v) is 13.6. The van der Waals surface area contributed by atoms with Crippen molar-refractivity contribution in [2.45, 2.75) is 52.2 Å². The highest BCUT2D eigenvalue weighted by Gasteiger charge is 2.33. The van der Waals surface area contributed by atoms with E-state index >= 15 is 0 Å². The minimum absolute atomic E-state index is 0.152. The molecule has 0 aliphatic carbocycles. The Morgan fingerprint density at radius 2 is 2.24 bits per heavy atom. The van der Waals surface area contributed by atoms with E-state index in [2.05, 4.69) is 32.2 Å². The van der Waals surface area contributed by atoms with E-state index in [0.717, 1.165) is 30.9 Å². The molecule has 0 spiro atoms. The van der Waals surface area contributed by atoms with Gasteiger partial charge in [-0.15, -0.1) is 0 Å². The normalized spacial score (nSPS) is 20.1. The van der Waals surface area contributed by atoms with E-state index in [-0.39, 0.29) is 5.60 Å². The Labute approximate surface area is 128 Å². The summed E-state index contributed by atoms with van der Waals surface area (Å²) in [5.41, 5.74) is 1.08. The second-order valence-electron chi connectivity index (χ2n) is 6.15. The largest absolute Gasteiger partial charge is 0.489 e. The summed E-state index contributed by atoms with van der Waals surface area (Å²) in [6.07, 6.45) is 6.11. The van der Waals surface area contributed by atoms with Crippen LogP contribution in [0.1, 0.15) is 52.1 Å². The van der Waals surface area contributed by atoms with Crippen LogP contribution in [0.3, 0.4) is 0 Å². The Kier molecular flexibility index (Phi) is 5.29. The fraction of sp³-hybridized carbons (Fsp3) is 0.556. The number of allylic oxidation sites excluding steroid dienone is 1. The predicted octanol–water partition coefficient (Wildman–Crippen LogP) is 4.24. The van der Waals surface area contributed by atoms with E-state index in [1.807, 2.05) is 31.2 Å². The molecule has 1 atom stereocenters. The van der Waals surface area contributed by atoms with Gasteiger partial charge >= 0.3 is 0 Å². The zero-order chi connectivity index (χ0) is 15.3. The van der Waals surface area contributed by atoms with E-state index < -0.39 is 0 Å². The van der Waals surface area contributed by atoms with Crippen LogP contribution in [0.15, 0.2) is 30.4 Å². The van der Waals surface area contributed by atoms with Crippen LogP contribution < -0.4 is 14.8 Å². The van der Waals surface area contributed by atoms with Crippen LogP contribution in [0.25, 0.3) is 0 Å². The van der Waals surface area contributed by atoms with Crippen molar-refractivity contribution in [2.75, 3.05) is 13.2 Å². The summed E-state index contributed by atoms with van der Waals surface area (Å²) in [6.45, 7) is 10.1. The average Bonchev–Trinajstić information content (AvgIpc) is 2.43. The highest BCUT2D eigenvalue weighted by molar-refractivity contribution is 5.44. The van der Waals surface area contributed by atoms with E-state index in [1.165, 1.54) is 5.56 Å². The molecule has 1 N–H and O–H groups in total. The van der Waals surface area contributed by atoms with Crippen LogP contribution in [0.2, 0.25) is 0 Å². The van der Waals surface area contributed by atoms with Gasteiger partial charge in [0.25, 0.3) is 0 Å². The van der Waals surface area contributed by atoms with Gasteiger partial charge in [0.05, 0.1) is 0 Å². The molecule has 0 aromatic heterocycles. The second kappa shape index (κ2) is 6.99. The first-order valence-electron chi connectivity index (χ1n) is 7.86. The SMILES string of the molecule is CC=CCOc1ccc2c(c1)OC(C)(C)CC2NCCC. The second-order valence-corrected chi connectivity index (χ2v) is 6.15. The Morgan fingerprint density at radius 1 is 1.43 bits per heavy atom. The first-order chi connectivity index (χ1) is 10.1. The van der Waals surface area contributed by atoms with Crippen LogP contribution in [-0.4, -0.2) is 18.8 Å². The van der Waals surface area contributed by atoms with Gasteiger partial charge in [0.1, 0.15) is 23.7 Å². The van der Waals surface area contributed by atoms with Crippen molar-refractivity contribution in [3.05, 3.63) is 35.9 Å². The van der Waals surface area contributed by atoms with Crippen LogP contribution >= 0.6 is 0 Å². The maximum absolute atomic E-state index is 6.14. The van der Waals surface area contributed by atoms with E-state index in [4.69, 9.17) is 9.47 Å². The molecule has 0 amide bonds. The molecule has 2 rings (SSSR count). The van der Waals surface area contributed by atoms with Crippen LogP contribution in [0, 0.1) is 0 Å². The lowest BCUT2D eigenvalue weighted by Gasteiger charge is -2.38. The lowest BCUT2D eigenvalue weighted by Crippen LogP contribution is -2.39. The number of fused-ring (bicyclic) bond motifs is 1. The lowest BCUT2D eigenvalue weighted by atomic mass is 9.89. The van der Waals surface area contributed by atoms with Crippen LogP contribution in [0.4, 0.5) is 0 Å². The molecular weight excluding hydrogens is 262 g/mol. The summed E-state index contributed by atoms with van der Waals surface area (Å²) < 4.78 is 11.8. The number of rotatable bonds is 6. The van der Waals surface area contributed by atoms with Crippen LogP contribution in [-0.2, 0) is 0 Å². The fourth-order valence-corrected chi connectivity index (χ4v) is 2.66. The molecule has 1 aliphatic rings. The summed E-state index contributed by atoms with van der Waals surface area (Å²) in [5, 5.41) is 3.62. The third kappa shape index (κ3) is 4.24. The van der Waals surface area contributed by atoms with E-state index in [9.17, 15) is 0 Å². The Balaban J connectivity index is 2.19. The van der Waals surface area contributed by atoms with Gasteiger partial charge in [0.15, 0.2) is 0 Å². The smallest absolute Gasteiger partial charge is 0.128 e. The Morgan fingerprint density at radius 3 is 2.95 bits per heavy atom. The summed E-state index contributed by atoms with van der Waals surface area (Å²) in [7, 11) is 0. The summed E-state index contributed by atoms with van der Waals surface area (Å²) in [4.78, 5) is 0. The zero-order valence-electron chi connectivity index (χ0n) is 13.6. The van der Waals surface area contributed by atoms with Gasteiger partial charge < -0.3 is 14.8 Å². The molecule has 0 bridgehead atoms. The Bertz CT molecular complexity index is 494. The molecule has 21 heavy (non-hydrogen) atoms. The topological polar surface area (TPSA) is 30.5 Å². The van der Waals surface area contributed by atoms with Crippen molar-refractivity contribution in [3.8, 4) is 11.5 Å². The number of ether oxygens (including phenoxy) is 2. The predicted molar refractivity (Wildman–Crippen MR) is 87.1 cm³/mol. The number of nitrogens with one attached hydrogen (secondary N) is 1.